The minimum Gasteiger partial charge on any atom is -0.493 e. The summed E-state index contributed by atoms with van der Waals surface area (Å²) in [5.41, 5.74) is 1.77. The van der Waals surface area contributed by atoms with Crippen LogP contribution in [0.25, 0.3) is 0 Å². The van der Waals surface area contributed by atoms with Crippen LogP contribution in [0, 0.1) is 0 Å². The van der Waals surface area contributed by atoms with E-state index in [2.05, 4.69) is 16.5 Å². The molecule has 0 radical (unpaired) electrons. The van der Waals surface area contributed by atoms with Crippen LogP contribution in [-0.2, 0) is 13.5 Å². The predicted octanol–water partition coefficient (Wildman–Crippen LogP) is 2.79. The number of ketones is 1. The Bertz CT molecular complexity index is 615. The fourth-order valence-electron chi connectivity index (χ4n) is 2.77. The van der Waals surface area contributed by atoms with Gasteiger partial charge in [0, 0.05) is 11.9 Å². The monoisotopic (exact) mass is 276 g/mol. The van der Waals surface area contributed by atoms with Gasteiger partial charge in [-0.1, -0.05) is 0 Å². The molecule has 2 aromatic rings. The fraction of sp³-hybridized carbons (Fsp3) is 0.429. The van der Waals surface area contributed by atoms with Crippen LogP contribution in [0.5, 0.6) is 5.75 Å². The van der Waals surface area contributed by atoms with Gasteiger partial charge in [0.05, 0.1) is 19.2 Å². The third-order valence-corrected chi connectivity index (χ3v) is 4.72. The van der Waals surface area contributed by atoms with E-state index < -0.39 is 0 Å². The molecule has 0 aromatic carbocycles. The maximum absolute atomic E-state index is 12.8. The summed E-state index contributed by atoms with van der Waals surface area (Å²) in [5.74, 6) is 0.644. The average Bonchev–Trinajstić information content (AvgIpc) is 3.03. The fourth-order valence-corrected chi connectivity index (χ4v) is 3.76. The topological polar surface area (TPSA) is 44.1 Å². The number of hydrogen-bond acceptors (Lipinski definition) is 4. The van der Waals surface area contributed by atoms with Crippen molar-refractivity contribution in [2.75, 3.05) is 7.11 Å². The van der Waals surface area contributed by atoms with E-state index in [0.29, 0.717) is 11.4 Å². The Hall–Kier alpha value is -1.62. The summed E-state index contributed by atoms with van der Waals surface area (Å²) < 4.78 is 6.86. The van der Waals surface area contributed by atoms with Crippen molar-refractivity contribution in [2.45, 2.75) is 25.2 Å². The molecule has 1 aliphatic carbocycles. The highest BCUT2D eigenvalue weighted by atomic mass is 32.1. The van der Waals surface area contributed by atoms with Crippen molar-refractivity contribution in [3.05, 3.63) is 33.8 Å². The summed E-state index contributed by atoms with van der Waals surface area (Å²) >= 11 is 1.75. The van der Waals surface area contributed by atoms with Crippen molar-refractivity contribution in [3.8, 4) is 5.75 Å². The largest absolute Gasteiger partial charge is 0.493 e. The van der Waals surface area contributed by atoms with Gasteiger partial charge in [-0.2, -0.15) is 5.10 Å². The van der Waals surface area contributed by atoms with Gasteiger partial charge in [-0.25, -0.2) is 0 Å². The summed E-state index contributed by atoms with van der Waals surface area (Å²) in [6.07, 6.45) is 4.69. The Morgan fingerprint density at radius 2 is 2.42 bits per heavy atom. The quantitative estimate of drug-likeness (QED) is 0.810. The molecule has 0 saturated heterocycles. The van der Waals surface area contributed by atoms with Gasteiger partial charge in [0.1, 0.15) is 5.69 Å². The van der Waals surface area contributed by atoms with Crippen LogP contribution in [0.1, 0.15) is 39.7 Å². The molecule has 100 valence electrons. The number of Topliss-reactive ketones (excluding diaryl/α,β-unsaturated/α-hetero) is 1. The van der Waals surface area contributed by atoms with E-state index in [9.17, 15) is 4.79 Å². The van der Waals surface area contributed by atoms with E-state index >= 15 is 0 Å². The second-order valence-corrected chi connectivity index (χ2v) is 5.79. The van der Waals surface area contributed by atoms with Crippen molar-refractivity contribution < 1.29 is 9.53 Å². The first kappa shape index (κ1) is 12.4. The second kappa shape index (κ2) is 4.81. The lowest BCUT2D eigenvalue weighted by atomic mass is 9.83. The molecule has 0 fully saturated rings. The highest BCUT2D eigenvalue weighted by Gasteiger charge is 2.31. The lowest BCUT2D eigenvalue weighted by Crippen LogP contribution is -2.20. The van der Waals surface area contributed by atoms with Gasteiger partial charge in [0.25, 0.3) is 0 Å². The zero-order valence-electron chi connectivity index (χ0n) is 11.0. The van der Waals surface area contributed by atoms with Crippen molar-refractivity contribution in [1.29, 1.82) is 0 Å². The van der Waals surface area contributed by atoms with E-state index in [1.807, 2.05) is 0 Å². The molecule has 19 heavy (non-hydrogen) atoms. The van der Waals surface area contributed by atoms with Crippen LogP contribution in [0.3, 0.4) is 0 Å². The summed E-state index contributed by atoms with van der Waals surface area (Å²) in [6.45, 7) is 0. The number of aromatic nitrogens is 2. The SMILES string of the molecule is COc1cnn(C)c1C(=O)C1CCCc2sccc21. The molecule has 2 aromatic heterocycles. The Labute approximate surface area is 116 Å². The van der Waals surface area contributed by atoms with E-state index in [4.69, 9.17) is 4.74 Å². The number of carbonyl (C=O) groups is 1. The van der Waals surface area contributed by atoms with E-state index in [-0.39, 0.29) is 11.7 Å². The number of nitrogens with zero attached hydrogens (tertiary/aromatic N) is 2. The Morgan fingerprint density at radius 1 is 1.58 bits per heavy atom. The molecule has 0 aliphatic heterocycles. The number of aryl methyl sites for hydroxylation is 2. The Kier molecular flexibility index (Phi) is 3.14. The van der Waals surface area contributed by atoms with Gasteiger partial charge in [-0.15, -0.1) is 11.3 Å². The van der Waals surface area contributed by atoms with Crippen LogP contribution < -0.4 is 4.74 Å². The first-order valence-corrected chi connectivity index (χ1v) is 7.26. The first-order valence-electron chi connectivity index (χ1n) is 6.39. The normalized spacial score (nSPS) is 18.1. The van der Waals surface area contributed by atoms with Crippen LogP contribution in [0.2, 0.25) is 0 Å². The number of methoxy groups -OCH3 is 1. The molecular formula is C14H16N2O2S. The number of rotatable bonds is 3. The number of hydrogen-bond donors (Lipinski definition) is 0. The maximum Gasteiger partial charge on any atom is 0.192 e. The smallest absolute Gasteiger partial charge is 0.192 e. The molecule has 1 atom stereocenters. The minimum atomic E-state index is -0.0423. The molecule has 0 N–H and O–H groups in total. The van der Waals surface area contributed by atoms with Crippen LogP contribution in [0.4, 0.5) is 0 Å². The standard InChI is InChI=1S/C14H16N2O2S/c1-16-13(11(18-2)8-15-16)14(17)10-4-3-5-12-9(10)6-7-19-12/h6-8,10H,3-5H2,1-2H3. The summed E-state index contributed by atoms with van der Waals surface area (Å²) in [5, 5.41) is 6.20. The highest BCUT2D eigenvalue weighted by Crippen LogP contribution is 2.38. The lowest BCUT2D eigenvalue weighted by molar-refractivity contribution is 0.0939. The van der Waals surface area contributed by atoms with Gasteiger partial charge in [-0.05, 0) is 36.3 Å². The average molecular weight is 276 g/mol. The van der Waals surface area contributed by atoms with Crippen molar-refractivity contribution >= 4 is 17.1 Å². The van der Waals surface area contributed by atoms with Crippen LogP contribution in [-0.4, -0.2) is 22.7 Å². The molecule has 1 unspecified atom stereocenters. The van der Waals surface area contributed by atoms with E-state index in [1.54, 1.807) is 36.4 Å². The summed E-state index contributed by atoms with van der Waals surface area (Å²) in [6, 6.07) is 2.09. The molecular weight excluding hydrogens is 260 g/mol. The van der Waals surface area contributed by atoms with Gasteiger partial charge in [0.15, 0.2) is 11.5 Å². The van der Waals surface area contributed by atoms with Gasteiger partial charge in [0.2, 0.25) is 0 Å². The zero-order chi connectivity index (χ0) is 13.4. The molecule has 0 amide bonds. The number of thiophene rings is 1. The third-order valence-electron chi connectivity index (χ3n) is 3.73. The summed E-state index contributed by atoms with van der Waals surface area (Å²) in [7, 11) is 3.36. The predicted molar refractivity (Wildman–Crippen MR) is 74.1 cm³/mol. The summed E-state index contributed by atoms with van der Waals surface area (Å²) in [4.78, 5) is 14.1. The molecule has 0 bridgehead atoms. The van der Waals surface area contributed by atoms with E-state index in [0.717, 1.165) is 19.3 Å². The van der Waals surface area contributed by atoms with Crippen molar-refractivity contribution in [3.63, 3.8) is 0 Å². The third kappa shape index (κ3) is 1.98. The molecule has 0 saturated carbocycles. The first-order chi connectivity index (χ1) is 9.22. The Balaban J connectivity index is 2.00. The zero-order valence-corrected chi connectivity index (χ0v) is 11.9. The van der Waals surface area contributed by atoms with Gasteiger partial charge < -0.3 is 4.74 Å². The number of ether oxygens (including phenoxy) is 1. The number of fused-ring (bicyclic) bond motifs is 1. The van der Waals surface area contributed by atoms with Crippen LogP contribution in [0.15, 0.2) is 17.6 Å². The molecule has 2 heterocycles. The minimum absolute atomic E-state index is 0.0423. The highest BCUT2D eigenvalue weighted by molar-refractivity contribution is 7.10. The maximum atomic E-state index is 12.8. The number of carbonyl (C=O) groups excluding carboxylic acids is 1. The Morgan fingerprint density at radius 3 is 3.21 bits per heavy atom. The van der Waals surface area contributed by atoms with Crippen molar-refractivity contribution in [2.24, 2.45) is 7.05 Å². The lowest BCUT2D eigenvalue weighted by Gasteiger charge is -2.21. The molecule has 0 spiro atoms. The molecule has 1 aliphatic rings. The van der Waals surface area contributed by atoms with Gasteiger partial charge >= 0.3 is 0 Å². The van der Waals surface area contributed by atoms with Gasteiger partial charge in [-0.3, -0.25) is 9.48 Å². The second-order valence-electron chi connectivity index (χ2n) is 4.79. The van der Waals surface area contributed by atoms with E-state index in [1.165, 1.54) is 10.4 Å². The molecule has 4 nitrogen and oxygen atoms in total. The molecule has 3 rings (SSSR count). The molecule has 5 heteroatoms. The van der Waals surface area contributed by atoms with Crippen LogP contribution >= 0.6 is 11.3 Å². The van der Waals surface area contributed by atoms with Crippen molar-refractivity contribution in [1.82, 2.24) is 9.78 Å².